The van der Waals surface area contributed by atoms with Gasteiger partial charge in [-0.2, -0.15) is 0 Å². The Morgan fingerprint density at radius 2 is 2.00 bits per heavy atom. The molecule has 1 unspecified atom stereocenters. The molecule has 1 atom stereocenters. The maximum atomic E-state index is 10.5. The molecule has 116 valence electrons. The number of rotatable bonds is 6. The molecule has 0 spiro atoms. The summed E-state index contributed by atoms with van der Waals surface area (Å²) in [6.07, 6.45) is 3.58. The number of nitrogens with zero attached hydrogens (tertiary/aromatic N) is 1. The normalized spacial score (nSPS) is 19.4. The van der Waals surface area contributed by atoms with Crippen molar-refractivity contribution in [1.82, 2.24) is 4.90 Å². The molecular weight excluding hydrogens is 266 g/mol. The maximum Gasteiger partial charge on any atom is 0.161 e. The highest BCUT2D eigenvalue weighted by Crippen LogP contribution is 2.33. The molecule has 0 amide bonds. The molecule has 1 aromatic carbocycles. The Morgan fingerprint density at radius 1 is 1.24 bits per heavy atom. The highest BCUT2D eigenvalue weighted by molar-refractivity contribution is 5.44. The summed E-state index contributed by atoms with van der Waals surface area (Å²) >= 11 is 0. The van der Waals surface area contributed by atoms with Crippen molar-refractivity contribution in [3.8, 4) is 11.5 Å². The fourth-order valence-electron chi connectivity index (χ4n) is 2.99. The third-order valence-corrected chi connectivity index (χ3v) is 4.57. The Hall–Kier alpha value is -1.26. The van der Waals surface area contributed by atoms with Gasteiger partial charge in [0.05, 0.1) is 6.10 Å². The van der Waals surface area contributed by atoms with Gasteiger partial charge in [0.1, 0.15) is 13.2 Å². The van der Waals surface area contributed by atoms with Gasteiger partial charge in [-0.3, -0.25) is 0 Å². The highest BCUT2D eigenvalue weighted by Gasteiger charge is 2.22. The van der Waals surface area contributed by atoms with Crippen LogP contribution in [-0.4, -0.2) is 42.9 Å². The van der Waals surface area contributed by atoms with Gasteiger partial charge in [0.2, 0.25) is 0 Å². The van der Waals surface area contributed by atoms with Crippen LogP contribution in [0, 0.1) is 5.92 Å². The van der Waals surface area contributed by atoms with E-state index in [4.69, 9.17) is 9.47 Å². The fraction of sp³-hybridized carbons (Fsp3) is 0.647. The van der Waals surface area contributed by atoms with Crippen LogP contribution in [0.1, 0.15) is 37.9 Å². The standard InChI is InChI=1S/C17H25NO3/c1-2-18(11-13-4-3-5-13)12-15(19)14-6-7-16-17(10-14)21-9-8-20-16/h6-7,10,13,15,19H,2-5,8-9,11-12H2,1H3. The molecule has 1 heterocycles. The first-order valence-corrected chi connectivity index (χ1v) is 8.06. The Kier molecular flexibility index (Phi) is 4.66. The minimum Gasteiger partial charge on any atom is -0.486 e. The molecule has 0 radical (unpaired) electrons. The van der Waals surface area contributed by atoms with Gasteiger partial charge in [0.15, 0.2) is 11.5 Å². The van der Waals surface area contributed by atoms with Crippen LogP contribution in [0.2, 0.25) is 0 Å². The molecule has 21 heavy (non-hydrogen) atoms. The lowest BCUT2D eigenvalue weighted by Crippen LogP contribution is -2.35. The van der Waals surface area contributed by atoms with Gasteiger partial charge < -0.3 is 19.5 Å². The molecule has 1 aliphatic carbocycles. The predicted octanol–water partition coefficient (Wildman–Crippen LogP) is 2.61. The first kappa shape index (κ1) is 14.7. The van der Waals surface area contributed by atoms with Crippen LogP contribution < -0.4 is 9.47 Å². The van der Waals surface area contributed by atoms with Crippen LogP contribution in [-0.2, 0) is 0 Å². The van der Waals surface area contributed by atoms with Crippen LogP contribution >= 0.6 is 0 Å². The molecule has 3 rings (SSSR count). The summed E-state index contributed by atoms with van der Waals surface area (Å²) in [4.78, 5) is 2.35. The van der Waals surface area contributed by atoms with E-state index in [1.807, 2.05) is 18.2 Å². The lowest BCUT2D eigenvalue weighted by atomic mass is 9.85. The van der Waals surface area contributed by atoms with E-state index >= 15 is 0 Å². The van der Waals surface area contributed by atoms with Crippen LogP contribution in [0.4, 0.5) is 0 Å². The minimum absolute atomic E-state index is 0.471. The third-order valence-electron chi connectivity index (χ3n) is 4.57. The van der Waals surface area contributed by atoms with Gasteiger partial charge in [-0.1, -0.05) is 19.4 Å². The van der Waals surface area contributed by atoms with Gasteiger partial charge in [0.25, 0.3) is 0 Å². The summed E-state index contributed by atoms with van der Waals surface area (Å²) in [5, 5.41) is 10.5. The number of benzene rings is 1. The number of likely N-dealkylation sites (N-methyl/N-ethyl adjacent to an activating group) is 1. The van der Waals surface area contributed by atoms with E-state index in [2.05, 4.69) is 11.8 Å². The predicted molar refractivity (Wildman–Crippen MR) is 81.8 cm³/mol. The topological polar surface area (TPSA) is 41.9 Å². The number of ether oxygens (including phenoxy) is 2. The van der Waals surface area contributed by atoms with Crippen molar-refractivity contribution in [2.45, 2.75) is 32.3 Å². The zero-order valence-corrected chi connectivity index (χ0v) is 12.8. The molecular formula is C17H25NO3. The second kappa shape index (κ2) is 6.67. The van der Waals surface area contributed by atoms with Gasteiger partial charge in [-0.05, 0) is 43.0 Å². The van der Waals surface area contributed by atoms with Crippen molar-refractivity contribution in [1.29, 1.82) is 0 Å². The zero-order chi connectivity index (χ0) is 14.7. The maximum absolute atomic E-state index is 10.5. The second-order valence-electron chi connectivity index (χ2n) is 6.07. The number of aliphatic hydroxyl groups excluding tert-OH is 1. The van der Waals surface area contributed by atoms with Crippen LogP contribution in [0.15, 0.2) is 18.2 Å². The molecule has 1 N–H and O–H groups in total. The summed E-state index contributed by atoms with van der Waals surface area (Å²) in [6.45, 7) is 6.12. The lowest BCUT2D eigenvalue weighted by Gasteiger charge is -2.33. The van der Waals surface area contributed by atoms with E-state index < -0.39 is 6.10 Å². The van der Waals surface area contributed by atoms with Gasteiger partial charge in [-0.15, -0.1) is 0 Å². The molecule has 1 aromatic rings. The molecule has 1 aliphatic heterocycles. The first-order chi connectivity index (χ1) is 10.3. The molecule has 1 fully saturated rings. The van der Waals surface area contributed by atoms with Crippen LogP contribution in [0.3, 0.4) is 0 Å². The Labute approximate surface area is 126 Å². The number of fused-ring (bicyclic) bond motifs is 1. The van der Waals surface area contributed by atoms with Crippen molar-refractivity contribution in [2.24, 2.45) is 5.92 Å². The molecule has 0 aromatic heterocycles. The van der Waals surface area contributed by atoms with Gasteiger partial charge in [0, 0.05) is 13.1 Å². The Bertz CT molecular complexity index is 473. The van der Waals surface area contributed by atoms with E-state index in [-0.39, 0.29) is 0 Å². The molecule has 4 heteroatoms. The van der Waals surface area contributed by atoms with E-state index in [0.29, 0.717) is 19.8 Å². The average Bonchev–Trinajstić information content (AvgIpc) is 2.48. The lowest BCUT2D eigenvalue weighted by molar-refractivity contribution is 0.0934. The fourth-order valence-corrected chi connectivity index (χ4v) is 2.99. The van der Waals surface area contributed by atoms with Crippen molar-refractivity contribution in [3.05, 3.63) is 23.8 Å². The number of hydrogen-bond donors (Lipinski definition) is 1. The number of aliphatic hydroxyl groups is 1. The smallest absolute Gasteiger partial charge is 0.161 e. The van der Waals surface area contributed by atoms with Crippen molar-refractivity contribution >= 4 is 0 Å². The van der Waals surface area contributed by atoms with Gasteiger partial charge in [-0.25, -0.2) is 0 Å². The number of hydrogen-bond acceptors (Lipinski definition) is 4. The molecule has 2 aliphatic rings. The SMILES string of the molecule is CCN(CC1CCC1)CC(O)c1ccc2c(c1)OCCO2. The molecule has 4 nitrogen and oxygen atoms in total. The van der Waals surface area contributed by atoms with E-state index in [0.717, 1.165) is 36.1 Å². The Morgan fingerprint density at radius 3 is 2.67 bits per heavy atom. The zero-order valence-electron chi connectivity index (χ0n) is 12.8. The van der Waals surface area contributed by atoms with E-state index in [1.165, 1.54) is 19.3 Å². The summed E-state index contributed by atoms with van der Waals surface area (Å²) in [5.41, 5.74) is 0.909. The second-order valence-corrected chi connectivity index (χ2v) is 6.07. The monoisotopic (exact) mass is 291 g/mol. The highest BCUT2D eigenvalue weighted by atomic mass is 16.6. The van der Waals surface area contributed by atoms with E-state index in [9.17, 15) is 5.11 Å². The molecule has 0 bridgehead atoms. The van der Waals surface area contributed by atoms with Crippen molar-refractivity contribution in [3.63, 3.8) is 0 Å². The minimum atomic E-state index is -0.471. The molecule has 1 saturated carbocycles. The summed E-state index contributed by atoms with van der Waals surface area (Å²) in [7, 11) is 0. The van der Waals surface area contributed by atoms with E-state index in [1.54, 1.807) is 0 Å². The van der Waals surface area contributed by atoms with Crippen LogP contribution in [0.25, 0.3) is 0 Å². The van der Waals surface area contributed by atoms with Crippen molar-refractivity contribution < 1.29 is 14.6 Å². The summed E-state index contributed by atoms with van der Waals surface area (Å²) in [5.74, 6) is 2.36. The average molecular weight is 291 g/mol. The quantitative estimate of drug-likeness (QED) is 0.875. The molecule has 0 saturated heterocycles. The summed E-state index contributed by atoms with van der Waals surface area (Å²) in [6, 6.07) is 5.75. The summed E-state index contributed by atoms with van der Waals surface area (Å²) < 4.78 is 11.1. The van der Waals surface area contributed by atoms with Crippen LogP contribution in [0.5, 0.6) is 11.5 Å². The Balaban J connectivity index is 1.61. The largest absolute Gasteiger partial charge is 0.486 e. The first-order valence-electron chi connectivity index (χ1n) is 8.06. The third kappa shape index (κ3) is 3.50. The van der Waals surface area contributed by atoms with Crippen molar-refractivity contribution in [2.75, 3.05) is 32.8 Å². The van der Waals surface area contributed by atoms with Gasteiger partial charge >= 0.3 is 0 Å².